The van der Waals surface area contributed by atoms with Gasteiger partial charge in [-0.1, -0.05) is 6.07 Å². The van der Waals surface area contributed by atoms with E-state index in [4.69, 9.17) is 10.9 Å². The van der Waals surface area contributed by atoms with Gasteiger partial charge in [0.2, 0.25) is 21.8 Å². The van der Waals surface area contributed by atoms with Gasteiger partial charge < -0.3 is 16.0 Å². The summed E-state index contributed by atoms with van der Waals surface area (Å²) in [6, 6.07) is 5.80. The molecule has 1 fully saturated rings. The third kappa shape index (κ3) is 5.67. The summed E-state index contributed by atoms with van der Waals surface area (Å²) in [6.45, 7) is 4.07. The third-order valence-corrected chi connectivity index (χ3v) is 4.58. The van der Waals surface area contributed by atoms with Crippen LogP contribution in [0.1, 0.15) is 20.3 Å². The number of anilines is 1. The SMILES string of the molecule is CC(C)(N)CNC(=O)C1CC(=O)N(c2cccc(S(N)(=O)=O)c2)C1.Cl. The summed E-state index contributed by atoms with van der Waals surface area (Å²) < 4.78 is 22.9. The van der Waals surface area contributed by atoms with Crippen molar-refractivity contribution in [1.29, 1.82) is 0 Å². The Labute approximate surface area is 153 Å². The van der Waals surface area contributed by atoms with Crippen LogP contribution in [0.3, 0.4) is 0 Å². The monoisotopic (exact) mass is 390 g/mol. The summed E-state index contributed by atoms with van der Waals surface area (Å²) >= 11 is 0. The lowest BCUT2D eigenvalue weighted by Crippen LogP contribution is -2.46. The van der Waals surface area contributed by atoms with Gasteiger partial charge in [0.25, 0.3) is 0 Å². The Morgan fingerprint density at radius 2 is 2.04 bits per heavy atom. The maximum atomic E-state index is 12.2. The molecule has 1 aromatic rings. The van der Waals surface area contributed by atoms with Crippen molar-refractivity contribution in [1.82, 2.24) is 5.32 Å². The average Bonchev–Trinajstić information content (AvgIpc) is 2.85. The molecule has 1 saturated heterocycles. The predicted octanol–water partition coefficient (Wildman–Crippen LogP) is -0.0378. The van der Waals surface area contributed by atoms with Crippen LogP contribution in [-0.4, -0.2) is 38.9 Å². The van der Waals surface area contributed by atoms with Crippen molar-refractivity contribution in [3.05, 3.63) is 24.3 Å². The van der Waals surface area contributed by atoms with E-state index in [9.17, 15) is 18.0 Å². The van der Waals surface area contributed by atoms with Gasteiger partial charge in [-0.05, 0) is 32.0 Å². The number of sulfonamides is 1. The highest BCUT2D eigenvalue weighted by Crippen LogP contribution is 2.26. The average molecular weight is 391 g/mol. The molecule has 0 aliphatic carbocycles. The van der Waals surface area contributed by atoms with Crippen molar-refractivity contribution in [3.63, 3.8) is 0 Å². The zero-order valence-electron chi connectivity index (χ0n) is 14.1. The molecular formula is C15H23ClN4O4S. The van der Waals surface area contributed by atoms with Gasteiger partial charge in [-0.25, -0.2) is 13.6 Å². The molecule has 0 saturated carbocycles. The van der Waals surface area contributed by atoms with Gasteiger partial charge in [-0.3, -0.25) is 9.59 Å². The summed E-state index contributed by atoms with van der Waals surface area (Å²) in [5, 5.41) is 7.84. The van der Waals surface area contributed by atoms with Crippen LogP contribution < -0.4 is 21.1 Å². The molecule has 1 heterocycles. The van der Waals surface area contributed by atoms with Crippen molar-refractivity contribution < 1.29 is 18.0 Å². The number of hydrogen-bond acceptors (Lipinski definition) is 5. The van der Waals surface area contributed by atoms with Crippen LogP contribution in [0.25, 0.3) is 0 Å². The summed E-state index contributed by atoms with van der Waals surface area (Å²) in [6.07, 6.45) is 0.0659. The number of rotatable bonds is 5. The molecule has 8 nitrogen and oxygen atoms in total. The van der Waals surface area contributed by atoms with Crippen LogP contribution >= 0.6 is 12.4 Å². The lowest BCUT2D eigenvalue weighted by Gasteiger charge is -2.21. The van der Waals surface area contributed by atoms with E-state index in [0.717, 1.165) is 0 Å². The van der Waals surface area contributed by atoms with E-state index >= 15 is 0 Å². The molecule has 25 heavy (non-hydrogen) atoms. The lowest BCUT2D eigenvalue weighted by molar-refractivity contribution is -0.126. The maximum Gasteiger partial charge on any atom is 0.238 e. The first-order valence-corrected chi connectivity index (χ1v) is 9.02. The van der Waals surface area contributed by atoms with Crippen molar-refractivity contribution in [3.8, 4) is 0 Å². The molecule has 1 aromatic carbocycles. The molecule has 2 rings (SSSR count). The predicted molar refractivity (Wildman–Crippen MR) is 96.8 cm³/mol. The molecular weight excluding hydrogens is 368 g/mol. The quantitative estimate of drug-likeness (QED) is 0.648. The number of carbonyl (C=O) groups is 2. The molecule has 5 N–H and O–H groups in total. The third-order valence-electron chi connectivity index (χ3n) is 3.67. The molecule has 10 heteroatoms. The van der Waals surface area contributed by atoms with Crippen LogP contribution in [-0.2, 0) is 19.6 Å². The Kier molecular flexibility index (Phi) is 6.57. The first kappa shape index (κ1) is 21.4. The second-order valence-electron chi connectivity index (χ2n) is 6.65. The number of primary sulfonamides is 1. The molecule has 0 spiro atoms. The van der Waals surface area contributed by atoms with E-state index in [1.807, 2.05) is 0 Å². The summed E-state index contributed by atoms with van der Waals surface area (Å²) in [4.78, 5) is 25.7. The van der Waals surface area contributed by atoms with Gasteiger partial charge in [0, 0.05) is 30.7 Å². The number of halogens is 1. The largest absolute Gasteiger partial charge is 0.354 e. The van der Waals surface area contributed by atoms with Crippen molar-refractivity contribution in [2.45, 2.75) is 30.7 Å². The minimum atomic E-state index is -3.86. The van der Waals surface area contributed by atoms with Crippen molar-refractivity contribution >= 4 is 39.9 Å². The van der Waals surface area contributed by atoms with Gasteiger partial charge in [-0.15, -0.1) is 12.4 Å². The maximum absolute atomic E-state index is 12.2. The molecule has 1 aliphatic heterocycles. The highest BCUT2D eigenvalue weighted by atomic mass is 35.5. The van der Waals surface area contributed by atoms with Crippen LogP contribution in [0, 0.1) is 5.92 Å². The number of hydrogen-bond donors (Lipinski definition) is 3. The number of nitrogens with zero attached hydrogens (tertiary/aromatic N) is 1. The zero-order chi connectivity index (χ0) is 18.1. The number of amides is 2. The van der Waals surface area contributed by atoms with Gasteiger partial charge in [0.05, 0.1) is 10.8 Å². The lowest BCUT2D eigenvalue weighted by atomic mass is 10.1. The second-order valence-corrected chi connectivity index (χ2v) is 8.22. The van der Waals surface area contributed by atoms with Gasteiger partial charge in [0.1, 0.15) is 0 Å². The Hall–Kier alpha value is -1.68. The van der Waals surface area contributed by atoms with Gasteiger partial charge in [0.15, 0.2) is 0 Å². The Balaban J connectivity index is 0.00000312. The Morgan fingerprint density at radius 3 is 2.60 bits per heavy atom. The molecule has 0 bridgehead atoms. The standard InChI is InChI=1S/C15H22N4O4S.ClH/c1-15(2,16)9-18-14(21)10-6-13(20)19(8-10)11-4-3-5-12(7-11)24(17,22)23;/h3-5,7,10H,6,8-9,16H2,1-2H3,(H,18,21)(H2,17,22,23);1H. The van der Waals surface area contributed by atoms with Crippen LogP contribution in [0.4, 0.5) is 5.69 Å². The van der Waals surface area contributed by atoms with Gasteiger partial charge >= 0.3 is 0 Å². The molecule has 1 aliphatic rings. The topological polar surface area (TPSA) is 136 Å². The van der Waals surface area contributed by atoms with E-state index in [2.05, 4.69) is 5.32 Å². The van der Waals surface area contributed by atoms with E-state index in [0.29, 0.717) is 12.2 Å². The fourth-order valence-electron chi connectivity index (χ4n) is 2.42. The highest BCUT2D eigenvalue weighted by molar-refractivity contribution is 7.89. The number of nitrogens with one attached hydrogen (secondary N) is 1. The Bertz CT molecular complexity index is 761. The normalized spacial score (nSPS) is 18.0. The minimum absolute atomic E-state index is 0. The number of benzene rings is 1. The molecule has 0 radical (unpaired) electrons. The molecule has 1 atom stereocenters. The first-order chi connectivity index (χ1) is 11.0. The summed E-state index contributed by atoms with van der Waals surface area (Å²) in [7, 11) is -3.86. The molecule has 1 unspecified atom stereocenters. The number of nitrogens with two attached hydrogens (primary N) is 2. The van der Waals surface area contributed by atoms with Crippen molar-refractivity contribution in [2.24, 2.45) is 16.8 Å². The molecule has 2 amide bonds. The van der Waals surface area contributed by atoms with Crippen molar-refractivity contribution in [2.75, 3.05) is 18.0 Å². The smallest absolute Gasteiger partial charge is 0.238 e. The van der Waals surface area contributed by atoms with Gasteiger partial charge in [-0.2, -0.15) is 0 Å². The fourth-order valence-corrected chi connectivity index (χ4v) is 2.97. The van der Waals surface area contributed by atoms with Crippen LogP contribution in [0.2, 0.25) is 0 Å². The highest BCUT2D eigenvalue weighted by Gasteiger charge is 2.35. The van der Waals surface area contributed by atoms with E-state index in [-0.39, 0.29) is 42.1 Å². The fraction of sp³-hybridized carbons (Fsp3) is 0.467. The summed E-state index contributed by atoms with van der Waals surface area (Å²) in [5.41, 5.74) is 5.69. The van der Waals surface area contributed by atoms with E-state index < -0.39 is 21.5 Å². The van der Waals surface area contributed by atoms with Crippen LogP contribution in [0.15, 0.2) is 29.2 Å². The minimum Gasteiger partial charge on any atom is -0.354 e. The number of carbonyl (C=O) groups excluding carboxylic acids is 2. The van der Waals surface area contributed by atoms with E-state index in [1.54, 1.807) is 19.9 Å². The molecule has 140 valence electrons. The zero-order valence-corrected chi connectivity index (χ0v) is 15.7. The molecule has 0 aromatic heterocycles. The summed E-state index contributed by atoms with van der Waals surface area (Å²) in [5.74, 6) is -0.987. The first-order valence-electron chi connectivity index (χ1n) is 7.47. The second kappa shape index (κ2) is 7.69. The Morgan fingerprint density at radius 1 is 1.40 bits per heavy atom. The van der Waals surface area contributed by atoms with Crippen LogP contribution in [0.5, 0.6) is 0 Å². The van der Waals surface area contributed by atoms with E-state index in [1.165, 1.54) is 23.1 Å².